The van der Waals surface area contributed by atoms with Crippen molar-refractivity contribution in [3.63, 3.8) is 0 Å². The molecule has 10 rings (SSSR count). The summed E-state index contributed by atoms with van der Waals surface area (Å²) >= 11 is 0. The SMILES string of the molecule is c1ccc(-c2ccc(N(c3cccc(-c4ccccc4-c4cccc5ccccc45)c3)c3ccc4ccc5ccccc5c4c3)cc2-c2ccccc2)cc1. The molecule has 0 N–H and O–H groups in total. The molecule has 0 fully saturated rings. The highest BCUT2D eigenvalue weighted by Crippen LogP contribution is 2.44. The Morgan fingerprint density at radius 2 is 0.691 bits per heavy atom. The predicted molar refractivity (Wildman–Crippen MR) is 235 cm³/mol. The van der Waals surface area contributed by atoms with E-state index in [0.717, 1.165) is 17.1 Å². The third kappa shape index (κ3) is 6.02. The van der Waals surface area contributed by atoms with E-state index < -0.39 is 0 Å². The monoisotopic (exact) mass is 699 g/mol. The lowest BCUT2D eigenvalue weighted by atomic mass is 9.91. The maximum Gasteiger partial charge on any atom is 0.0468 e. The van der Waals surface area contributed by atoms with E-state index in [4.69, 9.17) is 0 Å². The fourth-order valence-electron chi connectivity index (χ4n) is 8.22. The molecule has 0 aliphatic heterocycles. The van der Waals surface area contributed by atoms with E-state index in [9.17, 15) is 0 Å². The first-order valence-electron chi connectivity index (χ1n) is 18.9. The lowest BCUT2D eigenvalue weighted by molar-refractivity contribution is 1.29. The maximum atomic E-state index is 2.42. The Labute approximate surface area is 322 Å². The largest absolute Gasteiger partial charge is 0.310 e. The second-order valence-corrected chi connectivity index (χ2v) is 14.1. The maximum absolute atomic E-state index is 2.42. The smallest absolute Gasteiger partial charge is 0.0468 e. The lowest BCUT2D eigenvalue weighted by Crippen LogP contribution is -2.10. The molecule has 0 amide bonds. The Kier molecular flexibility index (Phi) is 8.24. The van der Waals surface area contributed by atoms with Crippen LogP contribution in [-0.2, 0) is 0 Å². The van der Waals surface area contributed by atoms with Gasteiger partial charge in [0.05, 0.1) is 0 Å². The van der Waals surface area contributed by atoms with Crippen LogP contribution in [0.3, 0.4) is 0 Å². The molecular weight excluding hydrogens is 663 g/mol. The summed E-state index contributed by atoms with van der Waals surface area (Å²) in [6, 6.07) is 81.5. The molecule has 10 aromatic rings. The quantitative estimate of drug-likeness (QED) is 0.150. The van der Waals surface area contributed by atoms with E-state index in [2.05, 4.69) is 229 Å². The number of rotatable bonds is 7. The molecule has 1 heteroatoms. The van der Waals surface area contributed by atoms with Crippen LogP contribution in [0.1, 0.15) is 0 Å². The molecule has 0 aliphatic rings. The Hall–Kier alpha value is -7.22. The van der Waals surface area contributed by atoms with Gasteiger partial charge in [0.25, 0.3) is 0 Å². The zero-order chi connectivity index (χ0) is 36.6. The Balaban J connectivity index is 1.19. The molecule has 1 nitrogen and oxygen atoms in total. The van der Waals surface area contributed by atoms with Crippen LogP contribution in [0.4, 0.5) is 17.1 Å². The van der Waals surface area contributed by atoms with Crippen LogP contribution < -0.4 is 4.90 Å². The molecule has 0 saturated carbocycles. The third-order valence-corrected chi connectivity index (χ3v) is 10.8. The summed E-state index contributed by atoms with van der Waals surface area (Å²) in [6.07, 6.45) is 0. The highest BCUT2D eigenvalue weighted by molar-refractivity contribution is 6.09. The molecule has 0 bridgehead atoms. The molecule has 0 unspecified atom stereocenters. The predicted octanol–water partition coefficient (Wildman–Crippen LogP) is 15.3. The van der Waals surface area contributed by atoms with Crippen molar-refractivity contribution in [2.45, 2.75) is 0 Å². The fraction of sp³-hybridized carbons (Fsp3) is 0. The zero-order valence-corrected chi connectivity index (χ0v) is 30.3. The highest BCUT2D eigenvalue weighted by Gasteiger charge is 2.19. The summed E-state index contributed by atoms with van der Waals surface area (Å²) in [5.41, 5.74) is 12.9. The molecule has 0 saturated heterocycles. The van der Waals surface area contributed by atoms with Crippen molar-refractivity contribution in [2.24, 2.45) is 0 Å². The van der Waals surface area contributed by atoms with Crippen LogP contribution in [-0.4, -0.2) is 0 Å². The first kappa shape index (κ1) is 32.4. The molecule has 0 spiro atoms. The van der Waals surface area contributed by atoms with Gasteiger partial charge in [-0.05, 0) is 113 Å². The van der Waals surface area contributed by atoms with Crippen molar-refractivity contribution in [3.8, 4) is 44.5 Å². The van der Waals surface area contributed by atoms with Gasteiger partial charge in [0, 0.05) is 17.1 Å². The average Bonchev–Trinajstić information content (AvgIpc) is 3.27. The fourth-order valence-corrected chi connectivity index (χ4v) is 8.22. The minimum absolute atomic E-state index is 1.09. The van der Waals surface area contributed by atoms with Crippen LogP contribution in [0.5, 0.6) is 0 Å². The number of hydrogen-bond acceptors (Lipinski definition) is 1. The van der Waals surface area contributed by atoms with Crippen LogP contribution >= 0.6 is 0 Å². The summed E-state index contributed by atoms with van der Waals surface area (Å²) in [5, 5.41) is 7.46. The van der Waals surface area contributed by atoms with Gasteiger partial charge in [0.1, 0.15) is 0 Å². The van der Waals surface area contributed by atoms with Gasteiger partial charge in [-0.2, -0.15) is 0 Å². The Morgan fingerprint density at radius 1 is 0.218 bits per heavy atom. The van der Waals surface area contributed by atoms with E-state index >= 15 is 0 Å². The summed E-state index contributed by atoms with van der Waals surface area (Å²) in [4.78, 5) is 2.42. The molecule has 0 aromatic heterocycles. The minimum Gasteiger partial charge on any atom is -0.310 e. The minimum atomic E-state index is 1.09. The van der Waals surface area contributed by atoms with Crippen molar-refractivity contribution < 1.29 is 0 Å². The molecule has 0 atom stereocenters. The molecule has 0 radical (unpaired) electrons. The molecule has 0 aliphatic carbocycles. The number of benzene rings is 10. The normalized spacial score (nSPS) is 11.3. The lowest BCUT2D eigenvalue weighted by Gasteiger charge is -2.28. The molecule has 258 valence electrons. The van der Waals surface area contributed by atoms with Crippen LogP contribution in [0, 0.1) is 0 Å². The first-order chi connectivity index (χ1) is 27.3. The number of nitrogens with zero attached hydrogens (tertiary/aromatic N) is 1. The first-order valence-corrected chi connectivity index (χ1v) is 18.9. The molecule has 0 heterocycles. The summed E-state index contributed by atoms with van der Waals surface area (Å²) < 4.78 is 0. The van der Waals surface area contributed by atoms with Crippen molar-refractivity contribution in [1.82, 2.24) is 0 Å². The van der Waals surface area contributed by atoms with Crippen molar-refractivity contribution in [3.05, 3.63) is 224 Å². The molecular formula is C54H37N. The van der Waals surface area contributed by atoms with Crippen LogP contribution in [0.25, 0.3) is 76.8 Å². The molecule has 10 aromatic carbocycles. The van der Waals surface area contributed by atoms with Gasteiger partial charge >= 0.3 is 0 Å². The number of hydrogen-bond donors (Lipinski definition) is 0. The van der Waals surface area contributed by atoms with E-state index in [-0.39, 0.29) is 0 Å². The summed E-state index contributed by atoms with van der Waals surface area (Å²) in [5.74, 6) is 0. The van der Waals surface area contributed by atoms with Gasteiger partial charge < -0.3 is 4.90 Å². The summed E-state index contributed by atoms with van der Waals surface area (Å²) in [6.45, 7) is 0. The Bertz CT molecular complexity index is 2980. The van der Waals surface area contributed by atoms with Gasteiger partial charge in [-0.15, -0.1) is 0 Å². The van der Waals surface area contributed by atoms with Crippen molar-refractivity contribution in [1.29, 1.82) is 0 Å². The van der Waals surface area contributed by atoms with Gasteiger partial charge in [-0.3, -0.25) is 0 Å². The standard InChI is InChI=1S/C54H37N/c1-3-15-38(16-4-1)50-34-33-46(37-53(50)40-17-5-2-6-18-40)55(45-32-31-42-30-29-41-20-8-10-25-48(41)54(42)36-45)44-23-13-22-43(35-44)49-26-11-12-27-51(49)52-28-14-21-39-19-7-9-24-47(39)52/h1-37H. The third-order valence-electron chi connectivity index (χ3n) is 10.8. The van der Waals surface area contributed by atoms with Gasteiger partial charge in [-0.1, -0.05) is 188 Å². The van der Waals surface area contributed by atoms with E-state index in [1.165, 1.54) is 76.8 Å². The van der Waals surface area contributed by atoms with E-state index in [1.807, 2.05) is 0 Å². The molecule has 55 heavy (non-hydrogen) atoms. The van der Waals surface area contributed by atoms with Gasteiger partial charge in [0.15, 0.2) is 0 Å². The van der Waals surface area contributed by atoms with E-state index in [1.54, 1.807) is 0 Å². The van der Waals surface area contributed by atoms with Crippen molar-refractivity contribution >= 4 is 49.4 Å². The van der Waals surface area contributed by atoms with Gasteiger partial charge in [-0.25, -0.2) is 0 Å². The number of anilines is 3. The second-order valence-electron chi connectivity index (χ2n) is 14.1. The van der Waals surface area contributed by atoms with Crippen molar-refractivity contribution in [2.75, 3.05) is 4.90 Å². The topological polar surface area (TPSA) is 3.24 Å². The van der Waals surface area contributed by atoms with Gasteiger partial charge in [0.2, 0.25) is 0 Å². The Morgan fingerprint density at radius 3 is 1.47 bits per heavy atom. The highest BCUT2D eigenvalue weighted by atomic mass is 15.1. The zero-order valence-electron chi connectivity index (χ0n) is 30.3. The van der Waals surface area contributed by atoms with Crippen LogP contribution in [0.2, 0.25) is 0 Å². The van der Waals surface area contributed by atoms with E-state index in [0.29, 0.717) is 0 Å². The average molecular weight is 700 g/mol. The summed E-state index contributed by atoms with van der Waals surface area (Å²) in [7, 11) is 0. The second kappa shape index (κ2) is 14.0. The van der Waals surface area contributed by atoms with Crippen LogP contribution in [0.15, 0.2) is 224 Å². The number of fused-ring (bicyclic) bond motifs is 4.